The normalized spacial score (nSPS) is 9.73. The van der Waals surface area contributed by atoms with Crippen LogP contribution in [0.2, 0.25) is 0 Å². The second-order valence-corrected chi connectivity index (χ2v) is 1.94. The molecule has 1 rings (SSSR count). The minimum atomic E-state index is -0.742. The molecule has 0 unspecified atom stereocenters. The molecule has 0 heterocycles. The van der Waals surface area contributed by atoms with Gasteiger partial charge in [0.25, 0.3) is 0 Å². The van der Waals surface area contributed by atoms with Crippen LogP contribution in [-0.2, 0) is 0 Å². The van der Waals surface area contributed by atoms with Gasteiger partial charge in [-0.3, -0.25) is 0 Å². The van der Waals surface area contributed by atoms with E-state index in [0.29, 0.717) is 6.61 Å². The first-order valence-corrected chi connectivity index (χ1v) is 3.23. The summed E-state index contributed by atoms with van der Waals surface area (Å²) in [7, 11) is 0. The van der Waals surface area contributed by atoms with E-state index in [1.54, 1.807) is 6.92 Å². The van der Waals surface area contributed by atoms with Crippen LogP contribution in [0, 0.1) is 17.7 Å². The number of benzene rings is 1. The van der Waals surface area contributed by atoms with Gasteiger partial charge in [0.2, 0.25) is 0 Å². The monoisotopic (exact) mass is 157 g/mol. The summed E-state index contributed by atoms with van der Waals surface area (Å²) >= 11 is 0. The maximum absolute atomic E-state index is 12.4. The number of halogens is 2. The zero-order valence-electron chi connectivity index (χ0n) is 6.03. The highest BCUT2D eigenvalue weighted by Gasteiger charge is 2.00. The summed E-state index contributed by atoms with van der Waals surface area (Å²) in [6.07, 6.45) is 0. The van der Waals surface area contributed by atoms with Crippen LogP contribution in [0.15, 0.2) is 12.1 Å². The van der Waals surface area contributed by atoms with E-state index in [9.17, 15) is 8.78 Å². The highest BCUT2D eigenvalue weighted by molar-refractivity contribution is 5.21. The standard InChI is InChI=1S/C8H7F2O/c1-2-11-8-4-6(9)3-7(10)5-8/h3-4H,2H2,1H3. The maximum atomic E-state index is 12.4. The van der Waals surface area contributed by atoms with Crippen LogP contribution in [0.3, 0.4) is 0 Å². The SMILES string of the molecule is CCOc1[c]c(F)cc(F)c1. The van der Waals surface area contributed by atoms with Gasteiger partial charge >= 0.3 is 0 Å². The molecule has 1 nitrogen and oxygen atoms in total. The number of hydrogen-bond donors (Lipinski definition) is 0. The smallest absolute Gasteiger partial charge is 0.137 e. The summed E-state index contributed by atoms with van der Waals surface area (Å²) in [4.78, 5) is 0. The Balaban J connectivity index is 2.89. The summed E-state index contributed by atoms with van der Waals surface area (Å²) in [5.41, 5.74) is 0. The Morgan fingerprint density at radius 1 is 1.45 bits per heavy atom. The Labute approximate surface area is 63.6 Å². The third-order valence-corrected chi connectivity index (χ3v) is 1.08. The number of ether oxygens (including phenoxy) is 1. The zero-order valence-corrected chi connectivity index (χ0v) is 6.03. The van der Waals surface area contributed by atoms with Crippen molar-refractivity contribution >= 4 is 0 Å². The molecule has 0 fully saturated rings. The molecule has 1 aromatic carbocycles. The van der Waals surface area contributed by atoms with Crippen molar-refractivity contribution in [3.8, 4) is 5.75 Å². The molecule has 0 N–H and O–H groups in total. The second kappa shape index (κ2) is 3.32. The van der Waals surface area contributed by atoms with Crippen LogP contribution in [0.4, 0.5) is 8.78 Å². The van der Waals surface area contributed by atoms with Crippen LogP contribution in [0.5, 0.6) is 5.75 Å². The Morgan fingerprint density at radius 2 is 2.18 bits per heavy atom. The van der Waals surface area contributed by atoms with Crippen molar-refractivity contribution in [3.63, 3.8) is 0 Å². The molecule has 11 heavy (non-hydrogen) atoms. The molecular formula is C8H7F2O. The minimum Gasteiger partial charge on any atom is -0.493 e. The molecule has 1 aromatic rings. The Bertz CT molecular complexity index is 228. The van der Waals surface area contributed by atoms with Crippen molar-refractivity contribution in [1.82, 2.24) is 0 Å². The fourth-order valence-corrected chi connectivity index (χ4v) is 0.711. The highest BCUT2D eigenvalue weighted by atomic mass is 19.1. The van der Waals surface area contributed by atoms with Crippen LogP contribution in [0.25, 0.3) is 0 Å². The van der Waals surface area contributed by atoms with E-state index >= 15 is 0 Å². The largest absolute Gasteiger partial charge is 0.493 e. The van der Waals surface area contributed by atoms with Crippen molar-refractivity contribution in [3.05, 3.63) is 29.8 Å². The van der Waals surface area contributed by atoms with Crippen molar-refractivity contribution in [1.29, 1.82) is 0 Å². The lowest BCUT2D eigenvalue weighted by Crippen LogP contribution is -1.93. The molecule has 59 valence electrons. The third kappa shape index (κ3) is 2.18. The third-order valence-electron chi connectivity index (χ3n) is 1.08. The van der Waals surface area contributed by atoms with Gasteiger partial charge in [-0.1, -0.05) is 0 Å². The van der Waals surface area contributed by atoms with Gasteiger partial charge in [-0.15, -0.1) is 0 Å². The number of rotatable bonds is 2. The first kappa shape index (κ1) is 7.98. The van der Waals surface area contributed by atoms with Crippen molar-refractivity contribution in [2.24, 2.45) is 0 Å². The second-order valence-electron chi connectivity index (χ2n) is 1.94. The Hall–Kier alpha value is -1.12. The maximum Gasteiger partial charge on any atom is 0.137 e. The first-order chi connectivity index (χ1) is 5.22. The molecule has 0 aromatic heterocycles. The Morgan fingerprint density at radius 3 is 2.73 bits per heavy atom. The molecule has 1 radical (unpaired) electrons. The quantitative estimate of drug-likeness (QED) is 0.639. The molecule has 0 saturated carbocycles. The average Bonchev–Trinajstić information content (AvgIpc) is 1.85. The van der Waals surface area contributed by atoms with Gasteiger partial charge < -0.3 is 4.74 Å². The van der Waals surface area contributed by atoms with Crippen LogP contribution in [-0.4, -0.2) is 6.61 Å². The topological polar surface area (TPSA) is 9.23 Å². The molecule has 0 bridgehead atoms. The van der Waals surface area contributed by atoms with Crippen LogP contribution >= 0.6 is 0 Å². The van der Waals surface area contributed by atoms with E-state index in [1.807, 2.05) is 0 Å². The Kier molecular flexibility index (Phi) is 2.41. The van der Waals surface area contributed by atoms with Crippen LogP contribution < -0.4 is 4.74 Å². The van der Waals surface area contributed by atoms with Crippen molar-refractivity contribution in [2.75, 3.05) is 6.61 Å². The van der Waals surface area contributed by atoms with Gasteiger partial charge in [-0.05, 0) is 6.92 Å². The zero-order chi connectivity index (χ0) is 8.27. The van der Waals surface area contributed by atoms with Crippen molar-refractivity contribution in [2.45, 2.75) is 6.92 Å². The lowest BCUT2D eigenvalue weighted by atomic mass is 10.3. The molecule has 0 aliphatic heterocycles. The lowest BCUT2D eigenvalue weighted by Gasteiger charge is -2.01. The summed E-state index contributed by atoms with van der Waals surface area (Å²) in [6.45, 7) is 2.11. The fourth-order valence-electron chi connectivity index (χ4n) is 0.711. The van der Waals surface area contributed by atoms with Gasteiger partial charge in [-0.25, -0.2) is 8.78 Å². The van der Waals surface area contributed by atoms with Gasteiger partial charge in [0.05, 0.1) is 12.7 Å². The molecule has 0 saturated heterocycles. The summed E-state index contributed by atoms with van der Waals surface area (Å²) < 4.78 is 29.6. The highest BCUT2D eigenvalue weighted by Crippen LogP contribution is 2.13. The average molecular weight is 157 g/mol. The molecule has 3 heteroatoms. The van der Waals surface area contributed by atoms with E-state index < -0.39 is 11.6 Å². The van der Waals surface area contributed by atoms with Gasteiger partial charge in [0, 0.05) is 12.1 Å². The fraction of sp³-hybridized carbons (Fsp3) is 0.250. The summed E-state index contributed by atoms with van der Waals surface area (Å²) in [5.74, 6) is -1.29. The summed E-state index contributed by atoms with van der Waals surface area (Å²) in [5, 5.41) is 0. The van der Waals surface area contributed by atoms with Gasteiger partial charge in [-0.2, -0.15) is 0 Å². The molecule has 0 aliphatic carbocycles. The molecular weight excluding hydrogens is 150 g/mol. The van der Waals surface area contributed by atoms with E-state index in [0.717, 1.165) is 12.1 Å². The van der Waals surface area contributed by atoms with E-state index in [-0.39, 0.29) is 5.75 Å². The van der Waals surface area contributed by atoms with Gasteiger partial charge in [0.1, 0.15) is 17.4 Å². The van der Waals surface area contributed by atoms with Gasteiger partial charge in [0.15, 0.2) is 0 Å². The van der Waals surface area contributed by atoms with Crippen molar-refractivity contribution < 1.29 is 13.5 Å². The van der Waals surface area contributed by atoms with Crippen LogP contribution in [0.1, 0.15) is 6.92 Å². The van der Waals surface area contributed by atoms with E-state index in [2.05, 4.69) is 6.07 Å². The van der Waals surface area contributed by atoms with E-state index in [1.165, 1.54) is 0 Å². The molecule has 0 aliphatic rings. The summed E-state index contributed by atoms with van der Waals surface area (Å²) in [6, 6.07) is 4.06. The molecule has 0 spiro atoms. The number of hydrogen-bond acceptors (Lipinski definition) is 1. The molecule has 0 atom stereocenters. The predicted molar refractivity (Wildman–Crippen MR) is 36.4 cm³/mol. The van der Waals surface area contributed by atoms with E-state index in [4.69, 9.17) is 4.74 Å². The molecule has 0 amide bonds. The minimum absolute atomic E-state index is 0.102. The predicted octanol–water partition coefficient (Wildman–Crippen LogP) is 2.16. The first-order valence-electron chi connectivity index (χ1n) is 3.23. The lowest BCUT2D eigenvalue weighted by molar-refractivity contribution is 0.335.